The maximum atomic E-state index is 12.9. The van der Waals surface area contributed by atoms with Gasteiger partial charge in [0.2, 0.25) is 5.82 Å². The van der Waals surface area contributed by atoms with Gasteiger partial charge < -0.3 is 5.32 Å². The average molecular weight is 437 g/mol. The molecule has 0 atom stereocenters. The number of aryl methyl sites for hydroxylation is 1. The van der Waals surface area contributed by atoms with Gasteiger partial charge in [-0.3, -0.25) is 4.79 Å². The van der Waals surface area contributed by atoms with Crippen LogP contribution in [0.1, 0.15) is 21.7 Å². The van der Waals surface area contributed by atoms with E-state index in [1.54, 1.807) is 35.0 Å². The molecule has 4 rings (SSSR count). The molecule has 0 spiro atoms. The molecule has 7 heteroatoms. The van der Waals surface area contributed by atoms with Gasteiger partial charge >= 0.3 is 0 Å². The number of anilines is 1. The molecule has 0 fully saturated rings. The summed E-state index contributed by atoms with van der Waals surface area (Å²) in [5, 5.41) is 8.54. The van der Waals surface area contributed by atoms with Crippen molar-refractivity contribution >= 4 is 34.8 Å². The van der Waals surface area contributed by atoms with Crippen molar-refractivity contribution in [3.8, 4) is 17.1 Å². The number of carbonyl (C=O) groups is 1. The minimum Gasteiger partial charge on any atom is -0.319 e. The predicted octanol–water partition coefficient (Wildman–Crippen LogP) is 6.11. The summed E-state index contributed by atoms with van der Waals surface area (Å²) in [6.45, 7) is 3.84. The molecule has 1 amide bonds. The van der Waals surface area contributed by atoms with Gasteiger partial charge in [-0.25, -0.2) is 9.67 Å². The number of hydrogen-bond acceptors (Lipinski definition) is 3. The Balaban J connectivity index is 1.77. The number of hydrogen-bond donors (Lipinski definition) is 1. The fraction of sp³-hybridized carbons (Fsp3) is 0.0870. The van der Waals surface area contributed by atoms with E-state index in [0.29, 0.717) is 21.6 Å². The molecule has 0 saturated heterocycles. The Morgan fingerprint density at radius 1 is 0.967 bits per heavy atom. The van der Waals surface area contributed by atoms with E-state index in [0.717, 1.165) is 22.4 Å². The zero-order valence-corrected chi connectivity index (χ0v) is 17.9. The molecular formula is C23H18Cl2N4O. The van der Waals surface area contributed by atoms with Crippen LogP contribution in [0.3, 0.4) is 0 Å². The number of carbonyl (C=O) groups excluding carboxylic acids is 1. The maximum Gasteiger partial charge on any atom is 0.295 e. The topological polar surface area (TPSA) is 59.8 Å². The van der Waals surface area contributed by atoms with Gasteiger partial charge in [-0.05, 0) is 73.5 Å². The number of rotatable bonds is 4. The zero-order chi connectivity index (χ0) is 21.3. The largest absolute Gasteiger partial charge is 0.319 e. The van der Waals surface area contributed by atoms with Crippen LogP contribution in [-0.2, 0) is 0 Å². The van der Waals surface area contributed by atoms with Crippen LogP contribution in [0.5, 0.6) is 0 Å². The molecule has 0 unspecified atom stereocenters. The van der Waals surface area contributed by atoms with Crippen LogP contribution in [0.25, 0.3) is 17.1 Å². The van der Waals surface area contributed by atoms with Crippen molar-refractivity contribution < 1.29 is 4.79 Å². The number of aromatic nitrogens is 3. The van der Waals surface area contributed by atoms with E-state index in [1.165, 1.54) is 0 Å². The molecule has 0 aliphatic heterocycles. The lowest BCUT2D eigenvalue weighted by Crippen LogP contribution is -2.15. The number of amides is 1. The second-order valence-electron chi connectivity index (χ2n) is 6.88. The van der Waals surface area contributed by atoms with Gasteiger partial charge in [0.1, 0.15) is 0 Å². The van der Waals surface area contributed by atoms with Crippen molar-refractivity contribution in [2.45, 2.75) is 13.8 Å². The van der Waals surface area contributed by atoms with Crippen LogP contribution in [0.15, 0.2) is 66.7 Å². The molecule has 0 bridgehead atoms. The predicted molar refractivity (Wildman–Crippen MR) is 121 cm³/mol. The van der Waals surface area contributed by atoms with Crippen molar-refractivity contribution in [1.29, 1.82) is 0 Å². The highest BCUT2D eigenvalue weighted by Gasteiger charge is 2.20. The quantitative estimate of drug-likeness (QED) is 0.419. The number of nitrogens with one attached hydrogen (secondary N) is 1. The summed E-state index contributed by atoms with van der Waals surface area (Å²) < 4.78 is 1.66. The first kappa shape index (κ1) is 20.1. The van der Waals surface area contributed by atoms with E-state index in [1.807, 2.05) is 50.2 Å². The van der Waals surface area contributed by atoms with Gasteiger partial charge in [0, 0.05) is 21.3 Å². The molecule has 1 heterocycles. The van der Waals surface area contributed by atoms with E-state index in [2.05, 4.69) is 15.4 Å². The van der Waals surface area contributed by atoms with Gasteiger partial charge in [0.25, 0.3) is 5.91 Å². The summed E-state index contributed by atoms with van der Waals surface area (Å²) in [6, 6.07) is 20.4. The summed E-state index contributed by atoms with van der Waals surface area (Å²) in [6.07, 6.45) is 0. The fourth-order valence-corrected chi connectivity index (χ4v) is 3.36. The van der Waals surface area contributed by atoms with Crippen molar-refractivity contribution in [2.75, 3.05) is 5.32 Å². The van der Waals surface area contributed by atoms with Crippen LogP contribution >= 0.6 is 23.2 Å². The lowest BCUT2D eigenvalue weighted by molar-refractivity contribution is 0.101. The summed E-state index contributed by atoms with van der Waals surface area (Å²) in [5.41, 5.74) is 4.08. The van der Waals surface area contributed by atoms with E-state index in [4.69, 9.17) is 23.2 Å². The maximum absolute atomic E-state index is 12.9. The molecule has 0 radical (unpaired) electrons. The molecule has 4 aromatic rings. The first-order chi connectivity index (χ1) is 14.4. The minimum absolute atomic E-state index is 0.0563. The van der Waals surface area contributed by atoms with Gasteiger partial charge in [-0.15, -0.1) is 5.10 Å². The highest BCUT2D eigenvalue weighted by Crippen LogP contribution is 2.25. The summed E-state index contributed by atoms with van der Waals surface area (Å²) in [7, 11) is 0. The molecular weight excluding hydrogens is 419 g/mol. The molecule has 150 valence electrons. The molecule has 30 heavy (non-hydrogen) atoms. The smallest absolute Gasteiger partial charge is 0.295 e. The average Bonchev–Trinajstić information content (AvgIpc) is 3.18. The normalized spacial score (nSPS) is 10.8. The van der Waals surface area contributed by atoms with Crippen molar-refractivity contribution in [1.82, 2.24) is 14.8 Å². The Hall–Kier alpha value is -3.15. The fourth-order valence-electron chi connectivity index (χ4n) is 3.05. The Morgan fingerprint density at radius 3 is 2.43 bits per heavy atom. The third-order valence-corrected chi connectivity index (χ3v) is 5.34. The number of halogens is 2. The van der Waals surface area contributed by atoms with Crippen LogP contribution in [0.4, 0.5) is 5.69 Å². The third-order valence-electron chi connectivity index (χ3n) is 4.67. The van der Waals surface area contributed by atoms with Gasteiger partial charge in [0.15, 0.2) is 5.82 Å². The zero-order valence-electron chi connectivity index (χ0n) is 16.4. The Kier molecular flexibility index (Phi) is 5.57. The first-order valence-corrected chi connectivity index (χ1v) is 10.0. The van der Waals surface area contributed by atoms with E-state index in [-0.39, 0.29) is 5.82 Å². The van der Waals surface area contributed by atoms with Crippen molar-refractivity contribution in [3.63, 3.8) is 0 Å². The van der Waals surface area contributed by atoms with Gasteiger partial charge in [-0.2, -0.15) is 0 Å². The van der Waals surface area contributed by atoms with Crippen LogP contribution < -0.4 is 5.32 Å². The summed E-state index contributed by atoms with van der Waals surface area (Å²) >= 11 is 12.2. The van der Waals surface area contributed by atoms with E-state index in [9.17, 15) is 4.79 Å². The lowest BCUT2D eigenvalue weighted by atomic mass is 10.2. The monoisotopic (exact) mass is 436 g/mol. The second-order valence-corrected chi connectivity index (χ2v) is 7.73. The Morgan fingerprint density at radius 2 is 1.70 bits per heavy atom. The summed E-state index contributed by atoms with van der Waals surface area (Å²) in [4.78, 5) is 17.4. The van der Waals surface area contributed by atoms with Crippen LogP contribution in [0.2, 0.25) is 10.0 Å². The first-order valence-electron chi connectivity index (χ1n) is 9.29. The lowest BCUT2D eigenvalue weighted by Gasteiger charge is -2.07. The second kappa shape index (κ2) is 8.30. The molecule has 3 aromatic carbocycles. The van der Waals surface area contributed by atoms with Crippen molar-refractivity contribution in [2.24, 2.45) is 0 Å². The molecule has 0 aliphatic rings. The van der Waals surface area contributed by atoms with Crippen LogP contribution in [0, 0.1) is 13.8 Å². The van der Waals surface area contributed by atoms with Crippen LogP contribution in [-0.4, -0.2) is 20.7 Å². The third kappa shape index (κ3) is 4.08. The van der Waals surface area contributed by atoms with Gasteiger partial charge in [0.05, 0.1) is 5.69 Å². The number of benzene rings is 3. The minimum atomic E-state index is -0.415. The highest BCUT2D eigenvalue weighted by molar-refractivity contribution is 6.31. The number of nitrogens with zero attached hydrogens (tertiary/aromatic N) is 3. The molecule has 1 aromatic heterocycles. The van der Waals surface area contributed by atoms with Crippen molar-refractivity contribution in [3.05, 3.63) is 93.7 Å². The molecule has 1 N–H and O–H groups in total. The molecule has 0 saturated carbocycles. The van der Waals surface area contributed by atoms with E-state index < -0.39 is 5.91 Å². The van der Waals surface area contributed by atoms with Gasteiger partial charge in [-0.1, -0.05) is 41.4 Å². The summed E-state index contributed by atoms with van der Waals surface area (Å²) in [5.74, 6) is 0.188. The molecule has 0 aliphatic carbocycles. The standard InChI is InChI=1S/C23H18Cl2N4O/c1-14-5-3-6-18(13-14)29-22(16-9-11-17(24)12-10-16)27-21(28-29)23(30)26-20-8-4-7-19(25)15(20)2/h3-13H,1-2H3,(H,26,30). The Bertz CT molecular complexity index is 1230. The Labute approximate surface area is 184 Å². The molecule has 5 nitrogen and oxygen atoms in total. The highest BCUT2D eigenvalue weighted by atomic mass is 35.5. The SMILES string of the molecule is Cc1cccc(-n2nc(C(=O)Nc3cccc(Cl)c3C)nc2-c2ccc(Cl)cc2)c1. The van der Waals surface area contributed by atoms with E-state index >= 15 is 0 Å².